The van der Waals surface area contributed by atoms with Crippen molar-refractivity contribution >= 4 is 17.2 Å². The summed E-state index contributed by atoms with van der Waals surface area (Å²) in [5, 5.41) is 27.1. The van der Waals surface area contributed by atoms with E-state index in [-0.39, 0.29) is 22.7 Å². The zero-order valence-corrected chi connectivity index (χ0v) is 14.8. The van der Waals surface area contributed by atoms with E-state index in [0.717, 1.165) is 23.5 Å². The van der Waals surface area contributed by atoms with Crippen LogP contribution in [-0.4, -0.2) is 16.0 Å². The summed E-state index contributed by atoms with van der Waals surface area (Å²) in [5.41, 5.74) is 3.60. The van der Waals surface area contributed by atoms with Gasteiger partial charge in [-0.25, -0.2) is 0 Å². The van der Waals surface area contributed by atoms with Gasteiger partial charge >= 0.3 is 0 Å². The van der Waals surface area contributed by atoms with Gasteiger partial charge < -0.3 is 20.8 Å². The van der Waals surface area contributed by atoms with Gasteiger partial charge in [0.2, 0.25) is 0 Å². The number of anilines is 2. The molecule has 0 fully saturated rings. The summed E-state index contributed by atoms with van der Waals surface area (Å²) >= 11 is 0. The van der Waals surface area contributed by atoms with E-state index in [1.54, 1.807) is 0 Å². The number of carbonyl (C=O) groups is 1. The number of para-hydroxylation sites is 2. The highest BCUT2D eigenvalue weighted by molar-refractivity contribution is 6.01. The van der Waals surface area contributed by atoms with Crippen molar-refractivity contribution in [1.82, 2.24) is 0 Å². The smallest absolute Gasteiger partial charge is 0.163 e. The van der Waals surface area contributed by atoms with Crippen LogP contribution in [0.1, 0.15) is 38.3 Å². The fraction of sp³-hybridized carbons (Fsp3) is 0.286. The molecule has 2 aromatic carbocycles. The van der Waals surface area contributed by atoms with Gasteiger partial charge in [-0.05, 0) is 42.2 Å². The molecular weight excluding hydrogens is 328 g/mol. The van der Waals surface area contributed by atoms with E-state index in [1.165, 1.54) is 18.2 Å². The van der Waals surface area contributed by atoms with Gasteiger partial charge in [-0.2, -0.15) is 0 Å². The molecule has 0 amide bonds. The Kier molecular flexibility index (Phi) is 3.68. The third-order valence-corrected chi connectivity index (χ3v) is 5.04. The molecule has 1 atom stereocenters. The lowest BCUT2D eigenvalue weighted by atomic mass is 9.73. The molecule has 4 N–H and O–H groups in total. The molecule has 0 saturated carbocycles. The Morgan fingerprint density at radius 1 is 1.04 bits per heavy atom. The maximum atomic E-state index is 13.0. The monoisotopic (exact) mass is 350 g/mol. The van der Waals surface area contributed by atoms with Crippen molar-refractivity contribution in [2.75, 3.05) is 10.6 Å². The van der Waals surface area contributed by atoms with Gasteiger partial charge in [0.25, 0.3) is 0 Å². The van der Waals surface area contributed by atoms with Crippen LogP contribution >= 0.6 is 0 Å². The first-order valence-corrected chi connectivity index (χ1v) is 8.75. The van der Waals surface area contributed by atoms with Crippen molar-refractivity contribution in [3.8, 4) is 11.5 Å². The van der Waals surface area contributed by atoms with Gasteiger partial charge in [0, 0.05) is 23.3 Å². The van der Waals surface area contributed by atoms with Crippen molar-refractivity contribution in [3.63, 3.8) is 0 Å². The summed E-state index contributed by atoms with van der Waals surface area (Å²) in [6, 6.07) is 11.6. The zero-order valence-electron chi connectivity index (χ0n) is 14.8. The van der Waals surface area contributed by atoms with Crippen molar-refractivity contribution < 1.29 is 15.0 Å². The highest BCUT2D eigenvalue weighted by Gasteiger charge is 2.39. The van der Waals surface area contributed by atoms with Crippen molar-refractivity contribution in [2.45, 2.75) is 32.7 Å². The Bertz CT molecular complexity index is 931. The quantitative estimate of drug-likeness (QED) is 0.576. The number of nitrogens with one attached hydrogen (secondary N) is 2. The van der Waals surface area contributed by atoms with Crippen molar-refractivity contribution in [2.24, 2.45) is 5.41 Å². The van der Waals surface area contributed by atoms with Crippen LogP contribution in [0.2, 0.25) is 0 Å². The summed E-state index contributed by atoms with van der Waals surface area (Å²) in [7, 11) is 0. The van der Waals surface area contributed by atoms with Gasteiger partial charge in [0.05, 0.1) is 17.4 Å². The normalized spacial score (nSPS) is 21.2. The summed E-state index contributed by atoms with van der Waals surface area (Å²) in [5.74, 6) is 0.150. The number of ketones is 1. The highest BCUT2D eigenvalue weighted by Crippen LogP contribution is 2.47. The largest absolute Gasteiger partial charge is 0.508 e. The fourth-order valence-electron chi connectivity index (χ4n) is 3.90. The molecule has 2 aliphatic rings. The van der Waals surface area contributed by atoms with Crippen LogP contribution in [0.4, 0.5) is 11.4 Å². The first-order valence-electron chi connectivity index (χ1n) is 8.75. The molecule has 0 bridgehead atoms. The zero-order chi connectivity index (χ0) is 18.5. The molecule has 5 heteroatoms. The second-order valence-electron chi connectivity index (χ2n) is 7.82. The average molecular weight is 350 g/mol. The van der Waals surface area contributed by atoms with Crippen molar-refractivity contribution in [1.29, 1.82) is 0 Å². The fourth-order valence-corrected chi connectivity index (χ4v) is 3.90. The number of hydrogen-bond donors (Lipinski definition) is 4. The summed E-state index contributed by atoms with van der Waals surface area (Å²) in [6.45, 7) is 4.17. The Hall–Kier alpha value is -2.95. The summed E-state index contributed by atoms with van der Waals surface area (Å²) in [4.78, 5) is 13.0. The van der Waals surface area contributed by atoms with Gasteiger partial charge in [0.1, 0.15) is 11.5 Å². The van der Waals surface area contributed by atoms with Gasteiger partial charge in [-0.15, -0.1) is 0 Å². The predicted molar refractivity (Wildman–Crippen MR) is 101 cm³/mol. The third kappa shape index (κ3) is 2.79. The Labute approximate surface area is 152 Å². The second kappa shape index (κ2) is 5.80. The van der Waals surface area contributed by atoms with E-state index in [2.05, 4.69) is 24.5 Å². The van der Waals surface area contributed by atoms with E-state index in [9.17, 15) is 15.0 Å². The van der Waals surface area contributed by atoms with E-state index < -0.39 is 6.04 Å². The molecule has 1 aliphatic carbocycles. The van der Waals surface area contributed by atoms with E-state index in [0.29, 0.717) is 17.6 Å². The molecule has 1 aliphatic heterocycles. The van der Waals surface area contributed by atoms with Crippen LogP contribution in [0.15, 0.2) is 53.7 Å². The van der Waals surface area contributed by atoms with Crippen LogP contribution in [0.3, 0.4) is 0 Å². The van der Waals surface area contributed by atoms with Crippen LogP contribution in [-0.2, 0) is 4.79 Å². The number of hydrogen-bond acceptors (Lipinski definition) is 5. The van der Waals surface area contributed by atoms with Crippen LogP contribution in [0.5, 0.6) is 11.5 Å². The maximum absolute atomic E-state index is 13.0. The van der Waals surface area contributed by atoms with Gasteiger partial charge in [-0.3, -0.25) is 4.79 Å². The van der Waals surface area contributed by atoms with Crippen LogP contribution in [0.25, 0.3) is 0 Å². The molecule has 26 heavy (non-hydrogen) atoms. The number of carbonyl (C=O) groups excluding carboxylic acids is 1. The van der Waals surface area contributed by atoms with Crippen molar-refractivity contribution in [3.05, 3.63) is 59.3 Å². The first-order chi connectivity index (χ1) is 12.3. The minimum atomic E-state index is -0.531. The lowest BCUT2D eigenvalue weighted by Gasteiger charge is -2.34. The maximum Gasteiger partial charge on any atom is 0.163 e. The van der Waals surface area contributed by atoms with Gasteiger partial charge in [-0.1, -0.05) is 26.0 Å². The molecule has 0 aromatic heterocycles. The molecule has 0 saturated heterocycles. The molecule has 1 heterocycles. The van der Waals surface area contributed by atoms with Crippen LogP contribution < -0.4 is 10.6 Å². The molecule has 2 aromatic rings. The average Bonchev–Trinajstić information content (AvgIpc) is 2.72. The molecule has 1 unspecified atom stereocenters. The lowest BCUT2D eigenvalue weighted by Crippen LogP contribution is -2.31. The number of Topliss-reactive ketones (excluding diaryl/α,β-unsaturated/α-hetero) is 1. The highest BCUT2D eigenvalue weighted by atomic mass is 16.3. The number of rotatable bonds is 1. The molecule has 0 radical (unpaired) electrons. The van der Waals surface area contributed by atoms with E-state index >= 15 is 0 Å². The number of allylic oxidation sites excluding steroid dienone is 1. The van der Waals surface area contributed by atoms with E-state index in [1.807, 2.05) is 24.3 Å². The molecule has 0 spiro atoms. The summed E-state index contributed by atoms with van der Waals surface area (Å²) in [6.07, 6.45) is 1.18. The Balaban J connectivity index is 1.93. The number of phenolic OH excluding ortho intramolecular Hbond substituents is 2. The molecule has 134 valence electrons. The number of phenols is 2. The first kappa shape index (κ1) is 16.5. The number of benzene rings is 2. The molecule has 5 nitrogen and oxygen atoms in total. The molecular formula is C21H22N2O3. The van der Waals surface area contributed by atoms with Gasteiger partial charge in [0.15, 0.2) is 5.78 Å². The Morgan fingerprint density at radius 3 is 2.54 bits per heavy atom. The Morgan fingerprint density at radius 2 is 1.77 bits per heavy atom. The SMILES string of the molecule is CC1(C)CC(=O)C2=C(C1)Nc1ccccc1NC2c1cc(O)ccc1O. The van der Waals surface area contributed by atoms with Crippen LogP contribution in [0, 0.1) is 5.41 Å². The lowest BCUT2D eigenvalue weighted by molar-refractivity contribution is -0.118. The second-order valence-corrected chi connectivity index (χ2v) is 7.82. The number of aromatic hydroxyl groups is 2. The third-order valence-electron chi connectivity index (χ3n) is 5.04. The minimum Gasteiger partial charge on any atom is -0.508 e. The predicted octanol–water partition coefficient (Wildman–Crippen LogP) is 4.32. The van der Waals surface area contributed by atoms with E-state index in [4.69, 9.17) is 0 Å². The standard InChI is InChI=1S/C21H22N2O3/c1-21(2)10-16-19(18(26)11-21)20(13-9-12(24)7-8-17(13)25)23-15-6-4-3-5-14(15)22-16/h3-9,20,22-25H,10-11H2,1-2H3. The summed E-state index contributed by atoms with van der Waals surface area (Å²) < 4.78 is 0. The topological polar surface area (TPSA) is 81.6 Å². The molecule has 4 rings (SSSR count). The minimum absolute atomic E-state index is 0.0455. The number of fused-ring (bicyclic) bond motifs is 1.